The highest BCUT2D eigenvalue weighted by Crippen LogP contribution is 2.20. The first-order chi connectivity index (χ1) is 13.8. The third-order valence-electron chi connectivity index (χ3n) is 4.64. The summed E-state index contributed by atoms with van der Waals surface area (Å²) in [7, 11) is -3.10. The fourth-order valence-electron chi connectivity index (χ4n) is 3.21. The van der Waals surface area contributed by atoms with Crippen molar-refractivity contribution in [3.63, 3.8) is 0 Å². The standard InChI is InChI=1S/C20H29NO7S/c1-4-21(16-11-13-29(24,25)14-16)20(23)15(3)28-19(22)10-12-27-18-8-6-17(7-9-18)26-5-2/h6-9,15-16H,4-5,10-14H2,1-3H3. The van der Waals surface area contributed by atoms with Crippen LogP contribution in [0, 0.1) is 0 Å². The maximum atomic E-state index is 12.6. The molecule has 2 unspecified atom stereocenters. The normalized spacial score (nSPS) is 18.7. The van der Waals surface area contributed by atoms with Gasteiger partial charge in [-0.3, -0.25) is 9.59 Å². The van der Waals surface area contributed by atoms with E-state index in [9.17, 15) is 18.0 Å². The molecule has 1 heterocycles. The van der Waals surface area contributed by atoms with E-state index in [0.717, 1.165) is 5.75 Å². The summed E-state index contributed by atoms with van der Waals surface area (Å²) in [5.41, 5.74) is 0. The van der Waals surface area contributed by atoms with Crippen LogP contribution in [0.5, 0.6) is 11.5 Å². The van der Waals surface area contributed by atoms with Crippen molar-refractivity contribution < 1.29 is 32.2 Å². The number of carbonyl (C=O) groups excluding carboxylic acids is 2. The molecule has 0 aliphatic carbocycles. The molecule has 1 aromatic carbocycles. The topological polar surface area (TPSA) is 99.2 Å². The van der Waals surface area contributed by atoms with Crippen molar-refractivity contribution in [2.24, 2.45) is 0 Å². The van der Waals surface area contributed by atoms with Crippen LogP contribution in [0.2, 0.25) is 0 Å². The minimum atomic E-state index is -3.10. The number of hydrogen-bond donors (Lipinski definition) is 0. The monoisotopic (exact) mass is 427 g/mol. The molecule has 0 saturated carbocycles. The predicted octanol–water partition coefficient (Wildman–Crippen LogP) is 1.82. The van der Waals surface area contributed by atoms with Gasteiger partial charge in [-0.05, 0) is 51.5 Å². The maximum absolute atomic E-state index is 12.6. The number of sulfone groups is 1. The van der Waals surface area contributed by atoms with Crippen molar-refractivity contribution in [3.05, 3.63) is 24.3 Å². The maximum Gasteiger partial charge on any atom is 0.310 e. The Labute approximate surface area is 172 Å². The number of benzene rings is 1. The van der Waals surface area contributed by atoms with E-state index in [-0.39, 0.29) is 36.5 Å². The van der Waals surface area contributed by atoms with Crippen LogP contribution in [0.25, 0.3) is 0 Å². The minimum Gasteiger partial charge on any atom is -0.494 e. The summed E-state index contributed by atoms with van der Waals surface area (Å²) in [4.78, 5) is 26.1. The van der Waals surface area contributed by atoms with E-state index in [1.165, 1.54) is 11.8 Å². The molecule has 0 spiro atoms. The first-order valence-electron chi connectivity index (χ1n) is 9.81. The molecule has 0 N–H and O–H groups in total. The van der Waals surface area contributed by atoms with Crippen molar-refractivity contribution >= 4 is 21.7 Å². The zero-order valence-corrected chi connectivity index (χ0v) is 17.9. The van der Waals surface area contributed by atoms with Crippen LogP contribution in [0.15, 0.2) is 24.3 Å². The number of esters is 1. The van der Waals surface area contributed by atoms with Gasteiger partial charge in [-0.1, -0.05) is 0 Å². The molecule has 1 aliphatic heterocycles. The second kappa shape index (κ2) is 10.5. The molecule has 162 valence electrons. The van der Waals surface area contributed by atoms with Gasteiger partial charge in [-0.15, -0.1) is 0 Å². The number of ether oxygens (including phenoxy) is 3. The Morgan fingerprint density at radius 2 is 1.76 bits per heavy atom. The minimum absolute atomic E-state index is 0.00519. The molecule has 0 radical (unpaired) electrons. The van der Waals surface area contributed by atoms with Crippen LogP contribution in [0.3, 0.4) is 0 Å². The molecule has 0 bridgehead atoms. The number of nitrogens with zero attached hydrogens (tertiary/aromatic N) is 1. The average molecular weight is 428 g/mol. The van der Waals surface area contributed by atoms with Crippen molar-refractivity contribution in [2.45, 2.75) is 45.8 Å². The van der Waals surface area contributed by atoms with E-state index in [1.54, 1.807) is 31.2 Å². The molecular weight excluding hydrogens is 398 g/mol. The van der Waals surface area contributed by atoms with Crippen LogP contribution in [-0.4, -0.2) is 68.6 Å². The van der Waals surface area contributed by atoms with Gasteiger partial charge in [0.2, 0.25) is 0 Å². The number of carbonyl (C=O) groups is 2. The molecular formula is C20H29NO7S. The van der Waals surface area contributed by atoms with Crippen LogP contribution in [0.4, 0.5) is 0 Å². The third-order valence-corrected chi connectivity index (χ3v) is 6.39. The quantitative estimate of drug-likeness (QED) is 0.525. The first kappa shape index (κ1) is 23.0. The molecule has 1 aromatic rings. The zero-order chi connectivity index (χ0) is 21.4. The van der Waals surface area contributed by atoms with Crippen LogP contribution in [0.1, 0.15) is 33.6 Å². The molecule has 8 nitrogen and oxygen atoms in total. The van der Waals surface area contributed by atoms with Gasteiger partial charge in [-0.25, -0.2) is 8.42 Å². The van der Waals surface area contributed by atoms with E-state index in [4.69, 9.17) is 14.2 Å². The highest BCUT2D eigenvalue weighted by atomic mass is 32.2. The van der Waals surface area contributed by atoms with Crippen LogP contribution in [-0.2, 0) is 24.2 Å². The van der Waals surface area contributed by atoms with Gasteiger partial charge in [0.05, 0.1) is 31.1 Å². The summed E-state index contributed by atoms with van der Waals surface area (Å²) in [5.74, 6) is 0.455. The lowest BCUT2D eigenvalue weighted by atomic mass is 10.2. The van der Waals surface area contributed by atoms with E-state index >= 15 is 0 Å². The van der Waals surface area contributed by atoms with E-state index in [2.05, 4.69) is 0 Å². The third kappa shape index (κ3) is 6.92. The van der Waals surface area contributed by atoms with Gasteiger partial charge in [0.15, 0.2) is 15.9 Å². The van der Waals surface area contributed by atoms with E-state index < -0.39 is 21.9 Å². The van der Waals surface area contributed by atoms with Crippen LogP contribution >= 0.6 is 0 Å². The summed E-state index contributed by atoms with van der Waals surface area (Å²) in [5, 5.41) is 0. The molecule has 2 atom stereocenters. The highest BCUT2D eigenvalue weighted by molar-refractivity contribution is 7.91. The lowest BCUT2D eigenvalue weighted by molar-refractivity contribution is -0.160. The Bertz CT molecular complexity index is 792. The fraction of sp³-hybridized carbons (Fsp3) is 0.600. The molecule has 0 aromatic heterocycles. The second-order valence-electron chi connectivity index (χ2n) is 6.82. The summed E-state index contributed by atoms with van der Waals surface area (Å²) in [6.45, 7) is 6.24. The molecule has 1 aliphatic rings. The summed E-state index contributed by atoms with van der Waals surface area (Å²) < 4.78 is 39.4. The predicted molar refractivity (Wildman–Crippen MR) is 108 cm³/mol. The van der Waals surface area contributed by atoms with Gasteiger partial charge in [0, 0.05) is 12.6 Å². The molecule has 9 heteroatoms. The van der Waals surface area contributed by atoms with E-state index in [1.807, 2.05) is 6.92 Å². The largest absolute Gasteiger partial charge is 0.494 e. The average Bonchev–Trinajstić information content (AvgIpc) is 3.03. The highest BCUT2D eigenvalue weighted by Gasteiger charge is 2.36. The van der Waals surface area contributed by atoms with Gasteiger partial charge in [-0.2, -0.15) is 0 Å². The Morgan fingerprint density at radius 1 is 1.14 bits per heavy atom. The Morgan fingerprint density at radius 3 is 2.28 bits per heavy atom. The molecule has 1 saturated heterocycles. The summed E-state index contributed by atoms with van der Waals surface area (Å²) in [6.07, 6.45) is -0.566. The van der Waals surface area contributed by atoms with Crippen molar-refractivity contribution in [3.8, 4) is 11.5 Å². The second-order valence-corrected chi connectivity index (χ2v) is 9.04. The molecule has 1 amide bonds. The van der Waals surface area contributed by atoms with Crippen molar-refractivity contribution in [1.82, 2.24) is 4.90 Å². The van der Waals surface area contributed by atoms with Crippen molar-refractivity contribution in [2.75, 3.05) is 31.3 Å². The summed E-state index contributed by atoms with van der Waals surface area (Å²) >= 11 is 0. The van der Waals surface area contributed by atoms with Gasteiger partial charge in [0.25, 0.3) is 5.91 Å². The molecule has 1 fully saturated rings. The van der Waals surface area contributed by atoms with Gasteiger partial charge >= 0.3 is 5.97 Å². The number of amides is 1. The van der Waals surface area contributed by atoms with Gasteiger partial charge in [0.1, 0.15) is 11.5 Å². The lowest BCUT2D eigenvalue weighted by Crippen LogP contribution is -2.46. The molecule has 2 rings (SSSR count). The first-order valence-corrected chi connectivity index (χ1v) is 11.6. The Kier molecular flexibility index (Phi) is 8.31. The SMILES string of the molecule is CCOc1ccc(OCCC(=O)OC(C)C(=O)N(CC)C2CCS(=O)(=O)C2)cc1. The summed E-state index contributed by atoms with van der Waals surface area (Å²) in [6, 6.07) is 6.69. The van der Waals surface area contributed by atoms with E-state index in [0.29, 0.717) is 25.3 Å². The number of likely N-dealkylation sites (N-methyl/N-ethyl adjacent to an activating group) is 1. The lowest BCUT2D eigenvalue weighted by Gasteiger charge is -2.29. The fourth-order valence-corrected chi connectivity index (χ4v) is 4.94. The zero-order valence-electron chi connectivity index (χ0n) is 17.1. The smallest absolute Gasteiger partial charge is 0.310 e. The van der Waals surface area contributed by atoms with Crippen LogP contribution < -0.4 is 9.47 Å². The Hall–Kier alpha value is -2.29. The van der Waals surface area contributed by atoms with Gasteiger partial charge < -0.3 is 19.1 Å². The number of rotatable bonds is 10. The molecule has 29 heavy (non-hydrogen) atoms. The van der Waals surface area contributed by atoms with Crippen molar-refractivity contribution in [1.29, 1.82) is 0 Å². The number of hydrogen-bond acceptors (Lipinski definition) is 7. The Balaban J connectivity index is 1.77.